The predicted molar refractivity (Wildman–Crippen MR) is 69.5 cm³/mol. The van der Waals surface area contributed by atoms with Gasteiger partial charge in [0.2, 0.25) is 0 Å². The van der Waals surface area contributed by atoms with Crippen LogP contribution in [-0.4, -0.2) is 27.6 Å². The monoisotopic (exact) mass is 257 g/mol. The molecule has 0 aliphatic rings. The molecule has 0 aliphatic heterocycles. The Morgan fingerprint density at radius 2 is 2.24 bits per heavy atom. The molecule has 2 unspecified atom stereocenters. The number of amides is 1. The van der Waals surface area contributed by atoms with Gasteiger partial charge in [0.15, 0.2) is 0 Å². The molecular formula is C12H20ClN3O. The van der Waals surface area contributed by atoms with E-state index in [2.05, 4.69) is 10.4 Å². The summed E-state index contributed by atoms with van der Waals surface area (Å²) in [4.78, 5) is 12.1. The summed E-state index contributed by atoms with van der Waals surface area (Å²) in [6.07, 6.45) is 0. The molecule has 17 heavy (non-hydrogen) atoms. The minimum absolute atomic E-state index is 0.0560. The maximum Gasteiger partial charge on any atom is 0.269 e. The zero-order valence-corrected chi connectivity index (χ0v) is 11.6. The molecule has 0 saturated heterocycles. The number of aromatic nitrogens is 2. The number of carbonyl (C=O) groups is 1. The van der Waals surface area contributed by atoms with Crippen LogP contribution < -0.4 is 5.32 Å². The highest BCUT2D eigenvalue weighted by Gasteiger charge is 2.18. The Labute approximate surface area is 107 Å². The fourth-order valence-electron chi connectivity index (χ4n) is 1.53. The van der Waals surface area contributed by atoms with Gasteiger partial charge in [0.05, 0.1) is 5.69 Å². The topological polar surface area (TPSA) is 46.9 Å². The van der Waals surface area contributed by atoms with Gasteiger partial charge in [-0.2, -0.15) is 5.10 Å². The highest BCUT2D eigenvalue weighted by Crippen LogP contribution is 2.08. The third kappa shape index (κ3) is 3.46. The number of hydrogen-bond acceptors (Lipinski definition) is 2. The van der Waals surface area contributed by atoms with Gasteiger partial charge in [-0.15, -0.1) is 11.6 Å². The summed E-state index contributed by atoms with van der Waals surface area (Å²) in [7, 11) is 0. The van der Waals surface area contributed by atoms with Crippen LogP contribution in [0, 0.1) is 12.8 Å². The first kappa shape index (κ1) is 14.0. The van der Waals surface area contributed by atoms with Gasteiger partial charge >= 0.3 is 0 Å². The Bertz CT molecular complexity index is 389. The molecular weight excluding hydrogens is 238 g/mol. The standard InChI is InChI=1S/C12H20ClN3O/c1-5-16-11(6-9(3)15-16)12(17)14-10(4)8(2)7-13/h6,8,10H,5,7H2,1-4H3,(H,14,17). The molecule has 0 aliphatic carbocycles. The van der Waals surface area contributed by atoms with E-state index in [1.807, 2.05) is 27.7 Å². The van der Waals surface area contributed by atoms with Gasteiger partial charge in [0, 0.05) is 18.5 Å². The molecule has 0 saturated carbocycles. The molecule has 1 amide bonds. The smallest absolute Gasteiger partial charge is 0.269 e. The Morgan fingerprint density at radius 1 is 1.59 bits per heavy atom. The maximum absolute atomic E-state index is 12.1. The van der Waals surface area contributed by atoms with Crippen LogP contribution in [0.15, 0.2) is 6.07 Å². The molecule has 1 aromatic rings. The van der Waals surface area contributed by atoms with E-state index in [1.165, 1.54) is 0 Å². The van der Waals surface area contributed by atoms with Crippen molar-refractivity contribution >= 4 is 17.5 Å². The summed E-state index contributed by atoms with van der Waals surface area (Å²) in [5, 5.41) is 7.20. The average Bonchev–Trinajstić information content (AvgIpc) is 2.69. The molecule has 0 aromatic carbocycles. The maximum atomic E-state index is 12.1. The Kier molecular flexibility index (Phi) is 5.00. The highest BCUT2D eigenvalue weighted by molar-refractivity contribution is 6.18. The van der Waals surface area contributed by atoms with Crippen molar-refractivity contribution < 1.29 is 4.79 Å². The largest absolute Gasteiger partial charge is 0.348 e. The van der Waals surface area contributed by atoms with Gasteiger partial charge in [0.25, 0.3) is 5.91 Å². The minimum atomic E-state index is -0.0862. The van der Waals surface area contributed by atoms with E-state index in [1.54, 1.807) is 10.7 Å². The third-order valence-electron chi connectivity index (χ3n) is 2.89. The molecule has 5 heteroatoms. The van der Waals surface area contributed by atoms with Crippen molar-refractivity contribution in [3.05, 3.63) is 17.5 Å². The van der Waals surface area contributed by atoms with Crippen LogP contribution in [0.25, 0.3) is 0 Å². The number of hydrogen-bond donors (Lipinski definition) is 1. The second kappa shape index (κ2) is 6.05. The summed E-state index contributed by atoms with van der Waals surface area (Å²) in [5.41, 5.74) is 1.47. The van der Waals surface area contributed by atoms with Gasteiger partial charge in [-0.05, 0) is 32.8 Å². The number of carbonyl (C=O) groups excluding carboxylic acids is 1. The van der Waals surface area contributed by atoms with Crippen LogP contribution in [-0.2, 0) is 6.54 Å². The Hall–Kier alpha value is -1.03. The minimum Gasteiger partial charge on any atom is -0.348 e. The molecule has 2 atom stereocenters. The van der Waals surface area contributed by atoms with E-state index in [-0.39, 0.29) is 17.9 Å². The van der Waals surface area contributed by atoms with Gasteiger partial charge in [-0.3, -0.25) is 9.48 Å². The second-order valence-corrected chi connectivity index (χ2v) is 4.69. The molecule has 4 nitrogen and oxygen atoms in total. The van der Waals surface area contributed by atoms with Crippen molar-refractivity contribution in [2.45, 2.75) is 40.3 Å². The SMILES string of the molecule is CCn1nc(C)cc1C(=O)NC(C)C(C)CCl. The summed E-state index contributed by atoms with van der Waals surface area (Å²) in [6, 6.07) is 1.86. The average molecular weight is 258 g/mol. The van der Waals surface area contributed by atoms with E-state index in [4.69, 9.17) is 11.6 Å². The summed E-state index contributed by atoms with van der Waals surface area (Å²) in [6.45, 7) is 8.52. The second-order valence-electron chi connectivity index (χ2n) is 4.38. The summed E-state index contributed by atoms with van der Waals surface area (Å²) < 4.78 is 1.71. The number of aryl methyl sites for hydroxylation is 2. The fourth-order valence-corrected chi connectivity index (χ4v) is 1.79. The zero-order chi connectivity index (χ0) is 13.0. The van der Waals surface area contributed by atoms with Crippen molar-refractivity contribution in [2.75, 3.05) is 5.88 Å². The van der Waals surface area contributed by atoms with E-state index in [0.717, 1.165) is 5.69 Å². The van der Waals surface area contributed by atoms with Crippen molar-refractivity contribution in [1.29, 1.82) is 0 Å². The first-order valence-corrected chi connectivity index (χ1v) is 6.44. The van der Waals surface area contributed by atoms with Crippen LogP contribution in [0.5, 0.6) is 0 Å². The molecule has 1 rings (SSSR count). The lowest BCUT2D eigenvalue weighted by Gasteiger charge is -2.19. The lowest BCUT2D eigenvalue weighted by atomic mass is 10.1. The molecule has 1 heterocycles. The number of nitrogens with zero attached hydrogens (tertiary/aromatic N) is 2. The molecule has 96 valence electrons. The lowest BCUT2D eigenvalue weighted by Crippen LogP contribution is -2.38. The van der Waals surface area contributed by atoms with Crippen molar-refractivity contribution in [3.63, 3.8) is 0 Å². The number of halogens is 1. The van der Waals surface area contributed by atoms with Gasteiger partial charge in [0.1, 0.15) is 5.69 Å². The van der Waals surface area contributed by atoms with Crippen LogP contribution in [0.2, 0.25) is 0 Å². The fraction of sp³-hybridized carbons (Fsp3) is 0.667. The molecule has 0 spiro atoms. The van der Waals surface area contributed by atoms with Crippen molar-refractivity contribution in [1.82, 2.24) is 15.1 Å². The van der Waals surface area contributed by atoms with Gasteiger partial charge < -0.3 is 5.32 Å². The van der Waals surface area contributed by atoms with Crippen LogP contribution in [0.4, 0.5) is 0 Å². The van der Waals surface area contributed by atoms with Crippen LogP contribution in [0.1, 0.15) is 37.0 Å². The van der Waals surface area contributed by atoms with E-state index < -0.39 is 0 Å². The molecule has 1 N–H and O–H groups in total. The number of alkyl halides is 1. The first-order chi connectivity index (χ1) is 7.99. The molecule has 0 fully saturated rings. The van der Waals surface area contributed by atoms with Crippen molar-refractivity contribution in [2.24, 2.45) is 5.92 Å². The molecule has 0 bridgehead atoms. The zero-order valence-electron chi connectivity index (χ0n) is 10.8. The number of nitrogens with one attached hydrogen (secondary N) is 1. The first-order valence-electron chi connectivity index (χ1n) is 5.90. The normalized spacial score (nSPS) is 14.4. The van der Waals surface area contributed by atoms with E-state index >= 15 is 0 Å². The Balaban J connectivity index is 2.75. The van der Waals surface area contributed by atoms with Crippen molar-refractivity contribution in [3.8, 4) is 0 Å². The molecule has 0 radical (unpaired) electrons. The third-order valence-corrected chi connectivity index (χ3v) is 3.38. The summed E-state index contributed by atoms with van der Waals surface area (Å²) >= 11 is 5.77. The Morgan fingerprint density at radius 3 is 2.76 bits per heavy atom. The quantitative estimate of drug-likeness (QED) is 0.822. The summed E-state index contributed by atoms with van der Waals surface area (Å²) in [5.74, 6) is 0.699. The van der Waals surface area contributed by atoms with Gasteiger partial charge in [-0.1, -0.05) is 6.92 Å². The highest BCUT2D eigenvalue weighted by atomic mass is 35.5. The molecule has 1 aromatic heterocycles. The van der Waals surface area contributed by atoms with Gasteiger partial charge in [-0.25, -0.2) is 0 Å². The van der Waals surface area contributed by atoms with E-state index in [9.17, 15) is 4.79 Å². The predicted octanol–water partition coefficient (Wildman–Crippen LogP) is 2.20. The van der Waals surface area contributed by atoms with Crippen LogP contribution in [0.3, 0.4) is 0 Å². The van der Waals surface area contributed by atoms with E-state index in [0.29, 0.717) is 18.1 Å². The van der Waals surface area contributed by atoms with Crippen LogP contribution >= 0.6 is 11.6 Å². The lowest BCUT2D eigenvalue weighted by molar-refractivity contribution is 0.0920. The number of rotatable bonds is 5.